The number of rotatable bonds is 4. The summed E-state index contributed by atoms with van der Waals surface area (Å²) in [7, 11) is 0. The van der Waals surface area contributed by atoms with Gasteiger partial charge >= 0.3 is 0 Å². The lowest BCUT2D eigenvalue weighted by Gasteiger charge is -2.36. The fraction of sp³-hybridized carbons (Fsp3) is 0.278. The van der Waals surface area contributed by atoms with Gasteiger partial charge in [-0.1, -0.05) is 72.9 Å². The first-order valence-corrected chi connectivity index (χ1v) is 7.80. The molecule has 3 rings (SSSR count). The average Bonchev–Trinajstić information content (AvgIpc) is 2.52. The topological polar surface area (TPSA) is 6.48 Å². The van der Waals surface area contributed by atoms with Crippen LogP contribution in [-0.4, -0.2) is 34.4 Å². The third-order valence-corrected chi connectivity index (χ3v) is 4.25. The summed E-state index contributed by atoms with van der Waals surface area (Å²) in [4.78, 5) is 5.81. The second kappa shape index (κ2) is 6.83. The summed E-state index contributed by atoms with van der Waals surface area (Å²) in [6.45, 7) is 4.89. The first kappa shape index (κ1) is 14.2. The Morgan fingerprint density at radius 3 is 1.90 bits per heavy atom. The van der Waals surface area contributed by atoms with Gasteiger partial charge in [0.25, 0.3) is 0 Å². The van der Waals surface area contributed by atoms with Gasteiger partial charge in [-0.25, -0.2) is 0 Å². The number of hydrogen-bond acceptors (Lipinski definition) is 2. The first-order valence-electron chi connectivity index (χ1n) is 7.39. The van der Waals surface area contributed by atoms with Gasteiger partial charge in [-0.2, -0.15) is 0 Å². The molecular formula is C18H20N2S. The zero-order chi connectivity index (χ0) is 14.5. The minimum atomic E-state index is 0.886. The van der Waals surface area contributed by atoms with Crippen molar-refractivity contribution < 1.29 is 0 Å². The Bertz CT molecular complexity index is 583. The number of piperazine rings is 1. The highest BCUT2D eigenvalue weighted by Gasteiger charge is 2.20. The second-order valence-corrected chi connectivity index (χ2v) is 5.97. The van der Waals surface area contributed by atoms with Gasteiger partial charge in [0, 0.05) is 32.7 Å². The maximum atomic E-state index is 5.60. The van der Waals surface area contributed by atoms with Crippen LogP contribution in [0.1, 0.15) is 11.1 Å². The van der Waals surface area contributed by atoms with Crippen molar-refractivity contribution in [3.05, 3.63) is 71.8 Å². The van der Waals surface area contributed by atoms with Crippen LogP contribution in [0, 0.1) is 0 Å². The molecular weight excluding hydrogens is 277 g/mol. The molecule has 0 bridgehead atoms. The molecule has 1 fully saturated rings. The lowest BCUT2D eigenvalue weighted by Crippen LogP contribution is -2.48. The van der Waals surface area contributed by atoms with E-state index in [4.69, 9.17) is 12.2 Å². The highest BCUT2D eigenvalue weighted by Crippen LogP contribution is 2.13. The smallest absolute Gasteiger partial charge is 0.0925 e. The summed E-state index contributed by atoms with van der Waals surface area (Å²) in [5.41, 5.74) is 2.69. The molecule has 1 aliphatic heterocycles. The van der Waals surface area contributed by atoms with Crippen molar-refractivity contribution in [1.29, 1.82) is 0 Å². The summed E-state index contributed by atoms with van der Waals surface area (Å²) in [6, 6.07) is 21.2. The van der Waals surface area contributed by atoms with Gasteiger partial charge in [0.05, 0.1) is 4.99 Å². The molecule has 0 atom stereocenters. The molecule has 21 heavy (non-hydrogen) atoms. The van der Waals surface area contributed by atoms with Crippen molar-refractivity contribution in [2.75, 3.05) is 19.6 Å². The minimum Gasteiger partial charge on any atom is -0.359 e. The van der Waals surface area contributed by atoms with Gasteiger partial charge in [-0.15, -0.1) is 0 Å². The van der Waals surface area contributed by atoms with Crippen LogP contribution in [0.25, 0.3) is 0 Å². The second-order valence-electron chi connectivity index (χ2n) is 5.50. The molecule has 2 aromatic rings. The van der Waals surface area contributed by atoms with Gasteiger partial charge < -0.3 is 4.90 Å². The maximum Gasteiger partial charge on any atom is 0.0925 e. The van der Waals surface area contributed by atoms with E-state index < -0.39 is 0 Å². The fourth-order valence-corrected chi connectivity index (χ4v) is 3.04. The molecule has 0 aromatic heterocycles. The van der Waals surface area contributed by atoms with E-state index >= 15 is 0 Å². The van der Waals surface area contributed by atoms with Gasteiger partial charge in [0.15, 0.2) is 0 Å². The van der Waals surface area contributed by atoms with Crippen LogP contribution < -0.4 is 0 Å². The molecule has 3 heteroatoms. The molecule has 0 spiro atoms. The average molecular weight is 297 g/mol. The van der Waals surface area contributed by atoms with Gasteiger partial charge in [-0.3, -0.25) is 4.90 Å². The Hall–Kier alpha value is -1.71. The van der Waals surface area contributed by atoms with E-state index in [-0.39, 0.29) is 0 Å². The van der Waals surface area contributed by atoms with E-state index in [2.05, 4.69) is 70.5 Å². The Kier molecular flexibility index (Phi) is 4.63. The standard InChI is InChI=1S/C18H20N2S/c21-18-15-19(13-16-7-3-1-4-8-16)11-12-20(18)14-17-9-5-2-6-10-17/h1-10H,11-15H2/i18+1. The minimum absolute atomic E-state index is 0.886. The largest absolute Gasteiger partial charge is 0.359 e. The summed E-state index contributed by atoms with van der Waals surface area (Å²) in [5.74, 6) is 0. The quantitative estimate of drug-likeness (QED) is 0.631. The molecule has 0 saturated carbocycles. The molecule has 0 N–H and O–H groups in total. The SMILES string of the molecule is S=[13C]1CN(Cc2ccccc2)CCN1Cc1ccccc1. The zero-order valence-electron chi connectivity index (χ0n) is 12.1. The third-order valence-electron chi connectivity index (χ3n) is 3.86. The predicted molar refractivity (Wildman–Crippen MR) is 91.2 cm³/mol. The molecule has 2 aromatic carbocycles. The van der Waals surface area contributed by atoms with Gasteiger partial charge in [0.1, 0.15) is 0 Å². The number of benzene rings is 2. The van der Waals surface area contributed by atoms with Crippen LogP contribution in [0.5, 0.6) is 0 Å². The predicted octanol–water partition coefficient (Wildman–Crippen LogP) is 3.33. The van der Waals surface area contributed by atoms with Crippen LogP contribution in [-0.2, 0) is 13.1 Å². The number of thiocarbonyl (C=S) groups is 1. The summed E-state index contributed by atoms with van der Waals surface area (Å²) in [6.07, 6.45) is 0. The van der Waals surface area contributed by atoms with Crippen LogP contribution in [0.4, 0.5) is 0 Å². The van der Waals surface area contributed by atoms with Crippen LogP contribution in [0.3, 0.4) is 0 Å². The molecule has 0 radical (unpaired) electrons. The van der Waals surface area contributed by atoms with Gasteiger partial charge in [0.2, 0.25) is 0 Å². The van der Waals surface area contributed by atoms with E-state index in [1.165, 1.54) is 11.1 Å². The normalized spacial score (nSPS) is 16.2. The molecule has 0 unspecified atom stereocenters. The highest BCUT2D eigenvalue weighted by molar-refractivity contribution is 7.80. The van der Waals surface area contributed by atoms with E-state index in [9.17, 15) is 0 Å². The molecule has 1 heterocycles. The molecule has 1 saturated heterocycles. The Morgan fingerprint density at radius 2 is 1.33 bits per heavy atom. The first-order chi connectivity index (χ1) is 10.3. The lowest BCUT2D eigenvalue weighted by atomic mass is 10.2. The molecule has 108 valence electrons. The highest BCUT2D eigenvalue weighted by atomic mass is 32.1. The molecule has 0 aliphatic carbocycles. The van der Waals surface area contributed by atoms with Crippen LogP contribution in [0.15, 0.2) is 60.7 Å². The molecule has 1 aliphatic rings. The van der Waals surface area contributed by atoms with Crippen molar-refractivity contribution in [2.24, 2.45) is 0 Å². The number of hydrogen-bond donors (Lipinski definition) is 0. The Balaban J connectivity index is 1.56. The van der Waals surface area contributed by atoms with Crippen molar-refractivity contribution in [1.82, 2.24) is 9.80 Å². The summed E-state index contributed by atoms with van der Waals surface area (Å²) < 4.78 is 0. The maximum absolute atomic E-state index is 5.60. The zero-order valence-corrected chi connectivity index (χ0v) is 12.9. The molecule has 2 nitrogen and oxygen atoms in total. The van der Waals surface area contributed by atoms with E-state index in [1.54, 1.807) is 0 Å². The van der Waals surface area contributed by atoms with Gasteiger partial charge in [-0.05, 0) is 11.1 Å². The third kappa shape index (κ3) is 3.90. The van der Waals surface area contributed by atoms with Crippen molar-refractivity contribution >= 4 is 17.2 Å². The van der Waals surface area contributed by atoms with E-state index in [0.29, 0.717) is 0 Å². The monoisotopic (exact) mass is 297 g/mol. The van der Waals surface area contributed by atoms with E-state index in [0.717, 1.165) is 37.7 Å². The summed E-state index contributed by atoms with van der Waals surface area (Å²) in [5, 5.41) is 0. The van der Waals surface area contributed by atoms with Crippen molar-refractivity contribution in [3.63, 3.8) is 0 Å². The fourth-order valence-electron chi connectivity index (χ4n) is 2.70. The van der Waals surface area contributed by atoms with Crippen molar-refractivity contribution in [2.45, 2.75) is 13.1 Å². The molecule has 0 amide bonds. The number of nitrogens with zero attached hydrogens (tertiary/aromatic N) is 2. The summed E-state index contributed by atoms with van der Waals surface area (Å²) >= 11 is 5.60. The van der Waals surface area contributed by atoms with Crippen LogP contribution in [0.2, 0.25) is 0 Å². The van der Waals surface area contributed by atoms with Crippen LogP contribution >= 0.6 is 12.2 Å². The Labute approximate surface area is 132 Å². The van der Waals surface area contributed by atoms with E-state index in [1.807, 2.05) is 0 Å². The van der Waals surface area contributed by atoms with Crippen molar-refractivity contribution in [3.8, 4) is 0 Å². The Morgan fingerprint density at radius 1 is 0.762 bits per heavy atom. The lowest BCUT2D eigenvalue weighted by molar-refractivity contribution is 0.223.